The first kappa shape index (κ1) is 22.6. The lowest BCUT2D eigenvalue weighted by atomic mass is 9.92. The van der Waals surface area contributed by atoms with Crippen LogP contribution in [0.1, 0.15) is 35.8 Å². The number of carbonyl (C=O) groups is 1. The molecule has 6 rings (SSSR count). The van der Waals surface area contributed by atoms with E-state index in [1.54, 1.807) is 28.0 Å². The number of fused-ring (bicyclic) bond motifs is 3. The molecule has 2 aliphatic heterocycles. The number of nitriles is 1. The summed E-state index contributed by atoms with van der Waals surface area (Å²) in [6.45, 7) is 3.17. The molecule has 2 aliphatic rings. The van der Waals surface area contributed by atoms with Gasteiger partial charge in [-0.3, -0.25) is 9.48 Å². The molecule has 0 radical (unpaired) electrons. The van der Waals surface area contributed by atoms with Crippen molar-refractivity contribution in [2.45, 2.75) is 38.3 Å². The zero-order valence-electron chi connectivity index (χ0n) is 20.6. The third-order valence-corrected chi connectivity index (χ3v) is 8.41. The second-order valence-electron chi connectivity index (χ2n) is 9.70. The van der Waals surface area contributed by atoms with E-state index in [0.29, 0.717) is 25.2 Å². The van der Waals surface area contributed by atoms with Crippen LogP contribution in [0.25, 0.3) is 33.0 Å². The molecule has 7 nitrogen and oxygen atoms in total. The highest BCUT2D eigenvalue weighted by Gasteiger charge is 2.42. The first-order valence-corrected chi connectivity index (χ1v) is 13.0. The van der Waals surface area contributed by atoms with Crippen LogP contribution >= 0.6 is 11.3 Å². The van der Waals surface area contributed by atoms with Gasteiger partial charge in [-0.1, -0.05) is 6.07 Å². The second-order valence-corrected chi connectivity index (χ2v) is 10.6. The van der Waals surface area contributed by atoms with E-state index in [1.165, 1.54) is 5.56 Å². The second kappa shape index (κ2) is 8.38. The topological polar surface area (TPSA) is 76.1 Å². The van der Waals surface area contributed by atoms with E-state index in [2.05, 4.69) is 39.3 Å². The number of hydrogen-bond acceptors (Lipinski definition) is 5. The van der Waals surface area contributed by atoms with Gasteiger partial charge in [0.05, 0.1) is 24.6 Å². The van der Waals surface area contributed by atoms with E-state index < -0.39 is 5.54 Å². The number of aryl methyl sites for hydroxylation is 2. The Balaban J connectivity index is 1.56. The van der Waals surface area contributed by atoms with Gasteiger partial charge in [-0.15, -0.1) is 11.3 Å². The first-order chi connectivity index (χ1) is 17.4. The van der Waals surface area contributed by atoms with Crippen LogP contribution < -0.4 is 4.74 Å². The molecule has 1 aromatic carbocycles. The van der Waals surface area contributed by atoms with Gasteiger partial charge in [0.1, 0.15) is 17.0 Å². The Morgan fingerprint density at radius 3 is 2.75 bits per heavy atom. The smallest absolute Gasteiger partial charge is 0.271 e. The van der Waals surface area contributed by atoms with Crippen molar-refractivity contribution in [2.24, 2.45) is 7.05 Å². The lowest BCUT2D eigenvalue weighted by Crippen LogP contribution is -2.44. The van der Waals surface area contributed by atoms with E-state index in [1.807, 2.05) is 38.4 Å². The number of thiophene rings is 1. The Labute approximate surface area is 214 Å². The van der Waals surface area contributed by atoms with Crippen molar-refractivity contribution in [3.8, 4) is 44.8 Å². The normalized spacial score (nSPS) is 18.6. The van der Waals surface area contributed by atoms with Crippen molar-refractivity contribution in [1.82, 2.24) is 19.2 Å². The predicted molar refractivity (Wildman–Crippen MR) is 140 cm³/mol. The summed E-state index contributed by atoms with van der Waals surface area (Å²) in [4.78, 5) is 16.8. The summed E-state index contributed by atoms with van der Waals surface area (Å²) in [5.41, 5.74) is 6.02. The Bertz CT molecular complexity index is 1520. The molecular weight excluding hydrogens is 470 g/mol. The molecule has 1 atom stereocenters. The summed E-state index contributed by atoms with van der Waals surface area (Å²) in [7, 11) is 3.59. The molecule has 36 heavy (non-hydrogen) atoms. The number of methoxy groups -OCH3 is 1. The Kier molecular flexibility index (Phi) is 5.27. The zero-order valence-corrected chi connectivity index (χ0v) is 21.4. The minimum absolute atomic E-state index is 0.0671. The first-order valence-electron chi connectivity index (χ1n) is 12.2. The maximum atomic E-state index is 13.9. The fourth-order valence-corrected chi connectivity index (χ4v) is 6.36. The third kappa shape index (κ3) is 3.38. The standard InChI is InChI=1S/C28H27N5O2S/c1-28(17-29)9-5-10-33(28)27(34)23-16-21(25-6-4-13-36-25)26-19-15-20(22-8-11-31(2)30-22)24(35-3)14-18(19)7-12-32(23)26/h4,6,8,11,13-16H,5,7,9-10,12H2,1-3H3/t28-/m1/s1. The maximum Gasteiger partial charge on any atom is 0.271 e. The van der Waals surface area contributed by atoms with Crippen molar-refractivity contribution < 1.29 is 9.53 Å². The van der Waals surface area contributed by atoms with Gasteiger partial charge in [0, 0.05) is 47.9 Å². The molecule has 182 valence electrons. The maximum absolute atomic E-state index is 13.9. The van der Waals surface area contributed by atoms with Gasteiger partial charge in [-0.05, 0) is 67.5 Å². The summed E-state index contributed by atoms with van der Waals surface area (Å²) < 4.78 is 9.71. The van der Waals surface area contributed by atoms with Gasteiger partial charge in [-0.2, -0.15) is 10.4 Å². The summed E-state index contributed by atoms with van der Waals surface area (Å²) in [6, 6.07) is 14.8. The molecular formula is C28H27N5O2S. The molecule has 5 heterocycles. The van der Waals surface area contributed by atoms with Crippen molar-refractivity contribution >= 4 is 17.2 Å². The molecule has 8 heteroatoms. The molecule has 1 fully saturated rings. The molecule has 4 aromatic rings. The van der Waals surface area contributed by atoms with Crippen molar-refractivity contribution in [1.29, 1.82) is 5.26 Å². The summed E-state index contributed by atoms with van der Waals surface area (Å²) in [6.07, 6.45) is 4.26. The number of ether oxygens (including phenoxy) is 1. The van der Waals surface area contributed by atoms with Crippen LogP contribution in [0.3, 0.4) is 0 Å². The van der Waals surface area contributed by atoms with Crippen LogP contribution in [0.4, 0.5) is 0 Å². The van der Waals surface area contributed by atoms with Gasteiger partial charge >= 0.3 is 0 Å². The van der Waals surface area contributed by atoms with Crippen LogP contribution in [0.2, 0.25) is 0 Å². The predicted octanol–water partition coefficient (Wildman–Crippen LogP) is 5.37. The van der Waals surface area contributed by atoms with E-state index in [0.717, 1.165) is 51.5 Å². The van der Waals surface area contributed by atoms with Gasteiger partial charge in [0.15, 0.2) is 0 Å². The minimum Gasteiger partial charge on any atom is -0.496 e. The number of benzene rings is 1. The summed E-state index contributed by atoms with van der Waals surface area (Å²) in [5.74, 6) is 0.728. The minimum atomic E-state index is -0.767. The number of hydrogen-bond donors (Lipinski definition) is 0. The zero-order chi connectivity index (χ0) is 25.0. The quantitative estimate of drug-likeness (QED) is 0.380. The Morgan fingerprint density at radius 1 is 1.19 bits per heavy atom. The molecule has 0 bridgehead atoms. The molecule has 0 N–H and O–H groups in total. The lowest BCUT2D eigenvalue weighted by Gasteiger charge is -2.30. The van der Waals surface area contributed by atoms with E-state index in [9.17, 15) is 10.1 Å². The number of nitrogens with zero attached hydrogens (tertiary/aromatic N) is 5. The highest BCUT2D eigenvalue weighted by molar-refractivity contribution is 7.13. The van der Waals surface area contributed by atoms with Gasteiger partial charge in [-0.25, -0.2) is 0 Å². The van der Waals surface area contributed by atoms with Gasteiger partial charge in [0.2, 0.25) is 0 Å². The monoisotopic (exact) mass is 497 g/mol. The number of carbonyl (C=O) groups excluding carboxylic acids is 1. The molecule has 0 unspecified atom stereocenters. The van der Waals surface area contributed by atoms with Crippen molar-refractivity contribution in [3.63, 3.8) is 0 Å². The van der Waals surface area contributed by atoms with Crippen LogP contribution in [0.15, 0.2) is 48.0 Å². The van der Waals surface area contributed by atoms with Gasteiger partial charge in [0.25, 0.3) is 5.91 Å². The highest BCUT2D eigenvalue weighted by Crippen LogP contribution is 2.45. The van der Waals surface area contributed by atoms with Crippen LogP contribution in [-0.4, -0.2) is 44.3 Å². The van der Waals surface area contributed by atoms with Gasteiger partial charge < -0.3 is 14.2 Å². The average molecular weight is 498 g/mol. The van der Waals surface area contributed by atoms with Crippen LogP contribution in [-0.2, 0) is 20.0 Å². The lowest BCUT2D eigenvalue weighted by molar-refractivity contribution is 0.0682. The third-order valence-electron chi connectivity index (χ3n) is 7.50. The van der Waals surface area contributed by atoms with E-state index in [4.69, 9.17) is 4.74 Å². The molecule has 1 amide bonds. The number of rotatable bonds is 4. The van der Waals surface area contributed by atoms with Crippen LogP contribution in [0.5, 0.6) is 5.75 Å². The average Bonchev–Trinajstić information content (AvgIpc) is 3.68. The van der Waals surface area contributed by atoms with Crippen molar-refractivity contribution in [2.75, 3.05) is 13.7 Å². The van der Waals surface area contributed by atoms with Crippen LogP contribution in [0, 0.1) is 11.3 Å². The molecule has 1 saturated heterocycles. The number of aromatic nitrogens is 3. The van der Waals surface area contributed by atoms with E-state index in [-0.39, 0.29) is 5.91 Å². The molecule has 0 spiro atoms. The fraction of sp³-hybridized carbons (Fsp3) is 0.321. The largest absolute Gasteiger partial charge is 0.496 e. The fourth-order valence-electron chi connectivity index (χ4n) is 5.62. The number of amides is 1. The Morgan fingerprint density at radius 2 is 2.06 bits per heavy atom. The number of likely N-dealkylation sites (tertiary alicyclic amines) is 1. The molecule has 3 aromatic heterocycles. The highest BCUT2D eigenvalue weighted by atomic mass is 32.1. The summed E-state index contributed by atoms with van der Waals surface area (Å²) in [5, 5.41) is 16.5. The van der Waals surface area contributed by atoms with Crippen molar-refractivity contribution in [3.05, 3.63) is 59.2 Å². The SMILES string of the molecule is COc1cc2c(cc1-c1ccn(C)n1)-c1c(-c3cccs3)cc(C(=O)N3CCC[C@]3(C)C#N)n1CC2. The van der Waals surface area contributed by atoms with E-state index >= 15 is 0 Å². The molecule has 0 aliphatic carbocycles. The Hall–Kier alpha value is -3.83. The molecule has 0 saturated carbocycles. The summed E-state index contributed by atoms with van der Waals surface area (Å²) >= 11 is 1.67.